The molecule has 0 aliphatic heterocycles. The van der Waals surface area contributed by atoms with Crippen LogP contribution in [0.4, 0.5) is 4.79 Å². The van der Waals surface area contributed by atoms with Crippen molar-refractivity contribution in [2.24, 2.45) is 0 Å². The zero-order chi connectivity index (χ0) is 9.28. The molecule has 0 aliphatic carbocycles. The quantitative estimate of drug-likeness (QED) is 0.576. The predicted molar refractivity (Wildman–Crippen MR) is 46.6 cm³/mol. The minimum absolute atomic E-state index is 0.267. The fourth-order valence-electron chi connectivity index (χ4n) is 0.583. The second-order valence-electron chi connectivity index (χ2n) is 1.89. The van der Waals surface area contributed by atoms with Crippen molar-refractivity contribution in [1.29, 1.82) is 0 Å². The van der Waals surface area contributed by atoms with Gasteiger partial charge in [-0.1, -0.05) is 6.92 Å². The van der Waals surface area contributed by atoms with Crippen LogP contribution in [0.1, 0.15) is 13.3 Å². The lowest BCUT2D eigenvalue weighted by atomic mass is 10.5. The maximum absolute atomic E-state index is 10.6. The molecule has 0 saturated carbocycles. The van der Waals surface area contributed by atoms with E-state index in [0.717, 1.165) is 13.0 Å². The molecule has 3 heteroatoms. The molecule has 0 spiro atoms. The number of rotatable bonds is 2. The number of carbonyl (C=O) groups excluding carboxylic acids is 1. The third-order valence-electron chi connectivity index (χ3n) is 1.05. The Morgan fingerprint density at radius 3 is 2.27 bits per heavy atom. The van der Waals surface area contributed by atoms with Crippen LogP contribution in [0, 0.1) is 0 Å². The first kappa shape index (κ1) is 12.7. The lowest BCUT2D eigenvalue weighted by Gasteiger charge is -2.12. The molecule has 0 saturated heterocycles. The van der Waals surface area contributed by atoms with Crippen LogP contribution < -0.4 is 0 Å². The summed E-state index contributed by atoms with van der Waals surface area (Å²) in [4.78, 5) is 12.1. The molecule has 0 unspecified atom stereocenters. The molecule has 3 nitrogen and oxygen atoms in total. The van der Waals surface area contributed by atoms with Crippen molar-refractivity contribution in [3.63, 3.8) is 0 Å². The summed E-state index contributed by atoms with van der Waals surface area (Å²) in [7, 11) is 3.10. The van der Waals surface area contributed by atoms with Gasteiger partial charge in [0.15, 0.2) is 0 Å². The van der Waals surface area contributed by atoms with Gasteiger partial charge in [0.05, 0.1) is 7.11 Å². The van der Waals surface area contributed by atoms with Gasteiger partial charge >= 0.3 is 6.09 Å². The summed E-state index contributed by atoms with van der Waals surface area (Å²) in [5, 5.41) is 0. The van der Waals surface area contributed by atoms with Crippen LogP contribution in [-0.2, 0) is 4.74 Å². The van der Waals surface area contributed by atoms with Crippen molar-refractivity contribution in [2.75, 3.05) is 20.7 Å². The van der Waals surface area contributed by atoms with Crippen molar-refractivity contribution >= 4 is 6.09 Å². The van der Waals surface area contributed by atoms with E-state index in [1.54, 1.807) is 11.9 Å². The van der Waals surface area contributed by atoms with E-state index in [-0.39, 0.29) is 6.09 Å². The van der Waals surface area contributed by atoms with Crippen LogP contribution in [0.15, 0.2) is 13.2 Å². The maximum atomic E-state index is 10.6. The van der Waals surface area contributed by atoms with E-state index in [4.69, 9.17) is 0 Å². The number of methoxy groups -OCH3 is 1. The molecule has 66 valence electrons. The van der Waals surface area contributed by atoms with E-state index in [2.05, 4.69) is 17.9 Å². The van der Waals surface area contributed by atoms with Crippen LogP contribution >= 0.6 is 0 Å². The van der Waals surface area contributed by atoms with Gasteiger partial charge < -0.3 is 9.64 Å². The van der Waals surface area contributed by atoms with Crippen LogP contribution in [0.25, 0.3) is 0 Å². The molecule has 0 N–H and O–H groups in total. The zero-order valence-corrected chi connectivity index (χ0v) is 7.59. The van der Waals surface area contributed by atoms with Crippen LogP contribution in [0.5, 0.6) is 0 Å². The molecular formula is C8H17NO2. The molecule has 0 bridgehead atoms. The van der Waals surface area contributed by atoms with E-state index >= 15 is 0 Å². The standard InChI is InChI=1S/C6H13NO2.C2H4/c1-4-5-7(2)6(8)9-3;1-2/h4-5H2,1-3H3;1-2H2. The first-order valence-corrected chi connectivity index (χ1v) is 3.51. The number of hydrogen-bond donors (Lipinski definition) is 0. The molecule has 0 radical (unpaired) electrons. The highest BCUT2D eigenvalue weighted by molar-refractivity contribution is 5.66. The SMILES string of the molecule is C=C.CCCN(C)C(=O)OC. The third kappa shape index (κ3) is 6.90. The number of ether oxygens (including phenoxy) is 1. The average Bonchev–Trinajstić information content (AvgIpc) is 2.07. The van der Waals surface area contributed by atoms with Gasteiger partial charge in [-0.15, -0.1) is 13.2 Å². The number of amides is 1. The summed E-state index contributed by atoms with van der Waals surface area (Å²) in [6, 6.07) is 0. The Morgan fingerprint density at radius 1 is 1.55 bits per heavy atom. The van der Waals surface area contributed by atoms with Gasteiger partial charge in [0.2, 0.25) is 0 Å². The summed E-state index contributed by atoms with van der Waals surface area (Å²) in [5.41, 5.74) is 0. The van der Waals surface area contributed by atoms with E-state index in [0.29, 0.717) is 0 Å². The molecule has 0 fully saturated rings. The van der Waals surface area contributed by atoms with Gasteiger partial charge in [-0.25, -0.2) is 4.79 Å². The van der Waals surface area contributed by atoms with Crippen LogP contribution in [0.2, 0.25) is 0 Å². The van der Waals surface area contributed by atoms with Crippen molar-refractivity contribution in [3.8, 4) is 0 Å². The highest BCUT2D eigenvalue weighted by atomic mass is 16.5. The number of nitrogens with zero attached hydrogens (tertiary/aromatic N) is 1. The van der Waals surface area contributed by atoms with Gasteiger partial charge in [-0.2, -0.15) is 0 Å². The first-order valence-electron chi connectivity index (χ1n) is 3.51. The maximum Gasteiger partial charge on any atom is 0.409 e. The topological polar surface area (TPSA) is 29.5 Å². The molecule has 1 amide bonds. The largest absolute Gasteiger partial charge is 0.453 e. The van der Waals surface area contributed by atoms with Crippen LogP contribution in [0.3, 0.4) is 0 Å². The normalized spacial score (nSPS) is 7.55. The molecule has 0 aromatic rings. The van der Waals surface area contributed by atoms with Gasteiger partial charge in [0, 0.05) is 13.6 Å². The third-order valence-corrected chi connectivity index (χ3v) is 1.05. The van der Waals surface area contributed by atoms with E-state index < -0.39 is 0 Å². The van der Waals surface area contributed by atoms with E-state index in [1.165, 1.54) is 7.11 Å². The Labute approximate surface area is 68.6 Å². The van der Waals surface area contributed by atoms with Gasteiger partial charge in [-0.3, -0.25) is 0 Å². The second kappa shape index (κ2) is 9.01. The molecule has 0 atom stereocenters. The zero-order valence-electron chi connectivity index (χ0n) is 7.59. The molecule has 0 heterocycles. The predicted octanol–water partition coefficient (Wildman–Crippen LogP) is 1.90. The Balaban J connectivity index is 0. The molecule has 11 heavy (non-hydrogen) atoms. The van der Waals surface area contributed by atoms with Gasteiger partial charge in [0.25, 0.3) is 0 Å². The van der Waals surface area contributed by atoms with E-state index in [1.807, 2.05) is 6.92 Å². The van der Waals surface area contributed by atoms with Crippen molar-refractivity contribution in [1.82, 2.24) is 4.90 Å². The molecular weight excluding hydrogens is 142 g/mol. The van der Waals surface area contributed by atoms with E-state index in [9.17, 15) is 4.79 Å². The van der Waals surface area contributed by atoms with Crippen molar-refractivity contribution in [3.05, 3.63) is 13.2 Å². The highest BCUT2D eigenvalue weighted by Crippen LogP contribution is 1.88. The summed E-state index contributed by atoms with van der Waals surface area (Å²) in [6.07, 6.45) is 0.697. The van der Waals surface area contributed by atoms with Crippen molar-refractivity contribution < 1.29 is 9.53 Å². The van der Waals surface area contributed by atoms with Gasteiger partial charge in [-0.05, 0) is 6.42 Å². The van der Waals surface area contributed by atoms with Crippen LogP contribution in [-0.4, -0.2) is 31.7 Å². The Bertz CT molecular complexity index is 104. The Kier molecular flexibility index (Phi) is 10.4. The second-order valence-corrected chi connectivity index (χ2v) is 1.89. The average molecular weight is 159 g/mol. The first-order chi connectivity index (χ1) is 5.22. The monoisotopic (exact) mass is 159 g/mol. The molecule has 0 aromatic heterocycles. The Hall–Kier alpha value is -0.990. The highest BCUT2D eigenvalue weighted by Gasteiger charge is 2.03. The smallest absolute Gasteiger partial charge is 0.409 e. The molecule has 0 aromatic carbocycles. The Morgan fingerprint density at radius 2 is 2.00 bits per heavy atom. The summed E-state index contributed by atoms with van der Waals surface area (Å²) < 4.78 is 4.45. The summed E-state index contributed by atoms with van der Waals surface area (Å²) in [5.74, 6) is 0. The minimum atomic E-state index is -0.267. The minimum Gasteiger partial charge on any atom is -0.453 e. The fourth-order valence-corrected chi connectivity index (χ4v) is 0.583. The lowest BCUT2D eigenvalue weighted by molar-refractivity contribution is 0.133. The number of hydrogen-bond acceptors (Lipinski definition) is 2. The summed E-state index contributed by atoms with van der Waals surface area (Å²) in [6.45, 7) is 8.77. The van der Waals surface area contributed by atoms with Crippen molar-refractivity contribution in [2.45, 2.75) is 13.3 Å². The number of carbonyl (C=O) groups is 1. The fraction of sp³-hybridized carbons (Fsp3) is 0.625. The molecule has 0 aliphatic rings. The lowest BCUT2D eigenvalue weighted by Crippen LogP contribution is -2.26. The van der Waals surface area contributed by atoms with Gasteiger partial charge in [0.1, 0.15) is 0 Å². The summed E-state index contributed by atoms with van der Waals surface area (Å²) >= 11 is 0. The molecule has 0 rings (SSSR count).